The Bertz CT molecular complexity index is 269. The van der Waals surface area contributed by atoms with Crippen LogP contribution in [0.15, 0.2) is 0 Å². The molecule has 0 spiro atoms. The Morgan fingerprint density at radius 2 is 2.18 bits per heavy atom. The van der Waals surface area contributed by atoms with Gasteiger partial charge in [-0.25, -0.2) is 0 Å². The van der Waals surface area contributed by atoms with Crippen molar-refractivity contribution >= 4 is 5.91 Å². The zero-order valence-electron chi connectivity index (χ0n) is 10.8. The van der Waals surface area contributed by atoms with E-state index in [1.807, 2.05) is 0 Å². The predicted molar refractivity (Wildman–Crippen MR) is 68.5 cm³/mol. The fourth-order valence-electron chi connectivity index (χ4n) is 3.50. The number of piperidine rings is 1. The number of hydrogen-bond acceptors (Lipinski definition) is 3. The second-order valence-corrected chi connectivity index (χ2v) is 5.44. The summed E-state index contributed by atoms with van der Waals surface area (Å²) in [5.41, 5.74) is 5.85. The Morgan fingerprint density at radius 1 is 1.35 bits per heavy atom. The average Bonchev–Trinajstić information content (AvgIpc) is 2.86. The molecule has 98 valence electrons. The summed E-state index contributed by atoms with van der Waals surface area (Å²) in [6.45, 7) is 2.88. The zero-order chi connectivity index (χ0) is 12.3. The molecule has 4 nitrogen and oxygen atoms in total. The van der Waals surface area contributed by atoms with Crippen LogP contribution in [0.2, 0.25) is 0 Å². The number of carbonyl (C=O) groups excluding carboxylic acids is 1. The monoisotopic (exact) mass is 239 g/mol. The highest BCUT2D eigenvalue weighted by atomic mass is 16.1. The van der Waals surface area contributed by atoms with Gasteiger partial charge < -0.3 is 11.1 Å². The molecule has 3 unspecified atom stereocenters. The van der Waals surface area contributed by atoms with Gasteiger partial charge in [-0.3, -0.25) is 9.69 Å². The molecule has 2 fully saturated rings. The topological polar surface area (TPSA) is 58.4 Å². The molecule has 17 heavy (non-hydrogen) atoms. The number of carbonyl (C=O) groups is 1. The van der Waals surface area contributed by atoms with Crippen molar-refractivity contribution < 1.29 is 4.79 Å². The summed E-state index contributed by atoms with van der Waals surface area (Å²) in [4.78, 5) is 14.2. The Morgan fingerprint density at radius 3 is 2.88 bits per heavy atom. The summed E-state index contributed by atoms with van der Waals surface area (Å²) in [6.07, 6.45) is 6.01. The zero-order valence-corrected chi connectivity index (χ0v) is 10.8. The van der Waals surface area contributed by atoms with Gasteiger partial charge in [0.2, 0.25) is 5.91 Å². The minimum absolute atomic E-state index is 0.188. The van der Waals surface area contributed by atoms with E-state index < -0.39 is 0 Å². The molecule has 0 aromatic carbocycles. The standard InChI is InChI=1S/C13H25N3O/c1-15-13(17)11-5-3-7-16(9-11)12-6-2-4-10(12)8-14/h10-12H,2-9,14H2,1H3,(H,15,17). The summed E-state index contributed by atoms with van der Waals surface area (Å²) < 4.78 is 0. The Balaban J connectivity index is 1.94. The quantitative estimate of drug-likeness (QED) is 0.757. The lowest BCUT2D eigenvalue weighted by Crippen LogP contribution is -2.48. The molecule has 0 radical (unpaired) electrons. The first-order valence-corrected chi connectivity index (χ1v) is 6.92. The molecule has 2 aliphatic rings. The second kappa shape index (κ2) is 5.83. The second-order valence-electron chi connectivity index (χ2n) is 5.44. The molecule has 4 heteroatoms. The lowest BCUT2D eigenvalue weighted by molar-refractivity contribution is -0.126. The molecule has 2 rings (SSSR count). The Kier molecular flexibility index (Phi) is 4.40. The molecule has 3 N–H and O–H groups in total. The van der Waals surface area contributed by atoms with E-state index in [4.69, 9.17) is 5.73 Å². The molecular weight excluding hydrogens is 214 g/mol. The average molecular weight is 239 g/mol. The third kappa shape index (κ3) is 2.80. The van der Waals surface area contributed by atoms with E-state index >= 15 is 0 Å². The van der Waals surface area contributed by atoms with Crippen molar-refractivity contribution in [2.24, 2.45) is 17.6 Å². The molecule has 0 aromatic heterocycles. The molecule has 0 aromatic rings. The van der Waals surface area contributed by atoms with Gasteiger partial charge in [-0.1, -0.05) is 6.42 Å². The SMILES string of the molecule is CNC(=O)C1CCCN(C2CCCC2CN)C1. The van der Waals surface area contributed by atoms with Crippen LogP contribution in [0.4, 0.5) is 0 Å². The van der Waals surface area contributed by atoms with Crippen molar-refractivity contribution in [3.05, 3.63) is 0 Å². The molecule has 1 aliphatic carbocycles. The van der Waals surface area contributed by atoms with E-state index in [0.717, 1.165) is 32.5 Å². The maximum atomic E-state index is 11.7. The summed E-state index contributed by atoms with van der Waals surface area (Å²) in [5.74, 6) is 1.04. The van der Waals surface area contributed by atoms with Crippen LogP contribution in [-0.4, -0.2) is 43.5 Å². The van der Waals surface area contributed by atoms with Crippen molar-refractivity contribution in [1.82, 2.24) is 10.2 Å². The minimum Gasteiger partial charge on any atom is -0.359 e. The third-order valence-corrected chi connectivity index (χ3v) is 4.46. The number of amides is 1. The number of rotatable bonds is 3. The van der Waals surface area contributed by atoms with Crippen LogP contribution in [-0.2, 0) is 4.79 Å². The van der Waals surface area contributed by atoms with Gasteiger partial charge in [0.25, 0.3) is 0 Å². The summed E-state index contributed by atoms with van der Waals surface area (Å²) >= 11 is 0. The van der Waals surface area contributed by atoms with Crippen LogP contribution < -0.4 is 11.1 Å². The van der Waals surface area contributed by atoms with E-state index in [2.05, 4.69) is 10.2 Å². The first kappa shape index (κ1) is 12.8. The fourth-order valence-corrected chi connectivity index (χ4v) is 3.50. The molecule has 1 aliphatic heterocycles. The van der Waals surface area contributed by atoms with E-state index in [1.54, 1.807) is 7.05 Å². The molecule has 3 atom stereocenters. The van der Waals surface area contributed by atoms with E-state index in [9.17, 15) is 4.79 Å². The minimum atomic E-state index is 0.188. The van der Waals surface area contributed by atoms with Crippen LogP contribution in [0, 0.1) is 11.8 Å². The van der Waals surface area contributed by atoms with Gasteiger partial charge in [0, 0.05) is 19.6 Å². The fraction of sp³-hybridized carbons (Fsp3) is 0.923. The molecule has 1 saturated heterocycles. The molecule has 1 heterocycles. The van der Waals surface area contributed by atoms with Crippen molar-refractivity contribution in [2.45, 2.75) is 38.1 Å². The van der Waals surface area contributed by atoms with Gasteiger partial charge in [-0.05, 0) is 44.7 Å². The number of nitrogens with two attached hydrogens (primary N) is 1. The van der Waals surface area contributed by atoms with Crippen LogP contribution in [0.5, 0.6) is 0 Å². The van der Waals surface area contributed by atoms with Gasteiger partial charge in [-0.2, -0.15) is 0 Å². The lowest BCUT2D eigenvalue weighted by atomic mass is 9.93. The summed E-state index contributed by atoms with van der Waals surface area (Å²) in [5, 5.41) is 2.78. The highest BCUT2D eigenvalue weighted by Crippen LogP contribution is 2.32. The number of nitrogens with zero attached hydrogens (tertiary/aromatic N) is 1. The molecule has 1 saturated carbocycles. The molecule has 1 amide bonds. The van der Waals surface area contributed by atoms with E-state index in [0.29, 0.717) is 12.0 Å². The smallest absolute Gasteiger partial charge is 0.224 e. The Hall–Kier alpha value is -0.610. The first-order chi connectivity index (χ1) is 8.26. The number of likely N-dealkylation sites (tertiary alicyclic amines) is 1. The normalized spacial score (nSPS) is 34.8. The number of nitrogens with one attached hydrogen (secondary N) is 1. The maximum Gasteiger partial charge on any atom is 0.224 e. The van der Waals surface area contributed by atoms with Gasteiger partial charge >= 0.3 is 0 Å². The van der Waals surface area contributed by atoms with Crippen molar-refractivity contribution in [3.63, 3.8) is 0 Å². The summed E-state index contributed by atoms with van der Waals surface area (Å²) in [6, 6.07) is 0.632. The highest BCUT2D eigenvalue weighted by molar-refractivity contribution is 5.78. The molecule has 0 bridgehead atoms. The molecular formula is C13H25N3O. The van der Waals surface area contributed by atoms with Crippen molar-refractivity contribution in [3.8, 4) is 0 Å². The first-order valence-electron chi connectivity index (χ1n) is 6.92. The van der Waals surface area contributed by atoms with Gasteiger partial charge in [0.15, 0.2) is 0 Å². The number of hydrogen-bond donors (Lipinski definition) is 2. The third-order valence-electron chi connectivity index (χ3n) is 4.46. The van der Waals surface area contributed by atoms with Crippen LogP contribution in [0.3, 0.4) is 0 Å². The van der Waals surface area contributed by atoms with Crippen molar-refractivity contribution in [1.29, 1.82) is 0 Å². The van der Waals surface area contributed by atoms with Crippen LogP contribution in [0.25, 0.3) is 0 Å². The van der Waals surface area contributed by atoms with E-state index in [-0.39, 0.29) is 11.8 Å². The van der Waals surface area contributed by atoms with Crippen molar-refractivity contribution in [2.75, 3.05) is 26.7 Å². The maximum absolute atomic E-state index is 11.7. The predicted octanol–water partition coefficient (Wildman–Crippen LogP) is 0.572. The largest absolute Gasteiger partial charge is 0.359 e. The van der Waals surface area contributed by atoms with Gasteiger partial charge in [0.1, 0.15) is 0 Å². The van der Waals surface area contributed by atoms with Crippen LogP contribution >= 0.6 is 0 Å². The van der Waals surface area contributed by atoms with Gasteiger partial charge in [0.05, 0.1) is 5.92 Å². The lowest BCUT2D eigenvalue weighted by Gasteiger charge is -2.38. The Labute approximate surface area is 104 Å². The highest BCUT2D eigenvalue weighted by Gasteiger charge is 2.35. The van der Waals surface area contributed by atoms with Gasteiger partial charge in [-0.15, -0.1) is 0 Å². The van der Waals surface area contributed by atoms with E-state index in [1.165, 1.54) is 19.3 Å². The van der Waals surface area contributed by atoms with Crippen LogP contribution in [0.1, 0.15) is 32.1 Å². The summed E-state index contributed by atoms with van der Waals surface area (Å²) in [7, 11) is 1.74.